The first kappa shape index (κ1) is 18.7. The second-order valence-corrected chi connectivity index (χ2v) is 8.41. The van der Waals surface area contributed by atoms with E-state index < -0.39 is 0 Å². The molecule has 1 aromatic rings. The average Bonchev–Trinajstić information content (AvgIpc) is 2.67. The number of halogens is 1. The van der Waals surface area contributed by atoms with Crippen molar-refractivity contribution >= 4 is 0 Å². The smallest absolute Gasteiger partial charge is 0.123 e. The second kappa shape index (κ2) is 9.55. The Balaban J connectivity index is 1.40. The lowest BCUT2D eigenvalue weighted by Crippen LogP contribution is -2.25. The fourth-order valence-corrected chi connectivity index (χ4v) is 5.08. The molecule has 0 nitrogen and oxygen atoms in total. The van der Waals surface area contributed by atoms with E-state index in [1.807, 2.05) is 12.1 Å². The lowest BCUT2D eigenvalue weighted by atomic mass is 9.68. The molecule has 0 spiro atoms. The van der Waals surface area contributed by atoms with Crippen LogP contribution in [0.2, 0.25) is 0 Å². The van der Waals surface area contributed by atoms with Gasteiger partial charge in [-0.05, 0) is 99.2 Å². The molecule has 0 radical (unpaired) electrons. The van der Waals surface area contributed by atoms with Gasteiger partial charge in [0.1, 0.15) is 5.82 Å². The van der Waals surface area contributed by atoms with Crippen molar-refractivity contribution in [1.82, 2.24) is 0 Å². The summed E-state index contributed by atoms with van der Waals surface area (Å²) in [5, 5.41) is 0. The first-order valence-corrected chi connectivity index (χ1v) is 10.7. The average molecular weight is 343 g/mol. The summed E-state index contributed by atoms with van der Waals surface area (Å²) >= 11 is 0. The third-order valence-corrected chi connectivity index (χ3v) is 6.73. The second-order valence-electron chi connectivity index (χ2n) is 8.41. The lowest BCUT2D eigenvalue weighted by molar-refractivity contribution is 0.171. The van der Waals surface area contributed by atoms with Crippen molar-refractivity contribution in [3.8, 4) is 0 Å². The summed E-state index contributed by atoms with van der Waals surface area (Å²) < 4.78 is 13.1. The molecular weight excluding hydrogens is 307 g/mol. The van der Waals surface area contributed by atoms with Crippen molar-refractivity contribution in [2.24, 2.45) is 17.8 Å². The molecule has 3 rings (SSSR count). The van der Waals surface area contributed by atoms with Gasteiger partial charge in [0.15, 0.2) is 0 Å². The highest BCUT2D eigenvalue weighted by molar-refractivity contribution is 5.21. The van der Waals surface area contributed by atoms with Crippen LogP contribution in [0.1, 0.15) is 89.0 Å². The summed E-state index contributed by atoms with van der Waals surface area (Å²) in [5.74, 6) is 3.31. The first-order valence-electron chi connectivity index (χ1n) is 10.7. The van der Waals surface area contributed by atoms with Crippen LogP contribution in [-0.4, -0.2) is 0 Å². The molecule has 138 valence electrons. The predicted octanol–water partition coefficient (Wildman–Crippen LogP) is 7.65. The van der Waals surface area contributed by atoms with E-state index in [-0.39, 0.29) is 5.82 Å². The van der Waals surface area contributed by atoms with Gasteiger partial charge in [0.2, 0.25) is 0 Å². The van der Waals surface area contributed by atoms with Gasteiger partial charge in [-0.3, -0.25) is 0 Å². The lowest BCUT2D eigenvalue weighted by Gasteiger charge is -2.37. The highest BCUT2D eigenvalue weighted by Crippen LogP contribution is 2.44. The fraction of sp³-hybridized carbons (Fsp3) is 0.667. The first-order chi connectivity index (χ1) is 12.3. The van der Waals surface area contributed by atoms with E-state index in [2.05, 4.69) is 19.1 Å². The molecule has 2 saturated carbocycles. The standard InChI is InChI=1S/C24H35F/c1-2-3-4-5-6-19-7-9-20(10-8-19)21-11-13-22(14-12-21)23-15-17-24(25)18-16-23/h5-6,15-22H,2-4,7-14H2,1H3/b6-5+. The molecule has 0 N–H and O–H groups in total. The molecule has 2 fully saturated rings. The normalized spacial score (nSPS) is 30.6. The summed E-state index contributed by atoms with van der Waals surface area (Å²) in [6.45, 7) is 2.27. The summed E-state index contributed by atoms with van der Waals surface area (Å²) in [4.78, 5) is 0. The van der Waals surface area contributed by atoms with E-state index in [1.54, 1.807) is 12.1 Å². The number of rotatable bonds is 6. The zero-order chi connectivity index (χ0) is 17.5. The minimum absolute atomic E-state index is 0.113. The van der Waals surface area contributed by atoms with Gasteiger partial charge in [-0.15, -0.1) is 0 Å². The van der Waals surface area contributed by atoms with Gasteiger partial charge in [0.25, 0.3) is 0 Å². The maximum Gasteiger partial charge on any atom is 0.123 e. The molecule has 2 aliphatic carbocycles. The third kappa shape index (κ3) is 5.43. The molecule has 1 aromatic carbocycles. The van der Waals surface area contributed by atoms with Gasteiger partial charge in [-0.2, -0.15) is 0 Å². The molecular formula is C24H35F. The van der Waals surface area contributed by atoms with Gasteiger partial charge < -0.3 is 0 Å². The topological polar surface area (TPSA) is 0 Å². The van der Waals surface area contributed by atoms with Gasteiger partial charge >= 0.3 is 0 Å². The Morgan fingerprint density at radius 3 is 2.08 bits per heavy atom. The Labute approximate surface area is 153 Å². The summed E-state index contributed by atoms with van der Waals surface area (Å²) in [5.41, 5.74) is 1.35. The summed E-state index contributed by atoms with van der Waals surface area (Å²) in [6.07, 6.45) is 19.9. The minimum atomic E-state index is -0.113. The van der Waals surface area contributed by atoms with Crippen LogP contribution in [0, 0.1) is 23.6 Å². The zero-order valence-electron chi connectivity index (χ0n) is 15.9. The molecule has 0 unspecified atom stereocenters. The van der Waals surface area contributed by atoms with E-state index in [0.717, 1.165) is 17.8 Å². The van der Waals surface area contributed by atoms with Crippen molar-refractivity contribution in [2.75, 3.05) is 0 Å². The van der Waals surface area contributed by atoms with Crippen LogP contribution >= 0.6 is 0 Å². The summed E-state index contributed by atoms with van der Waals surface area (Å²) in [6, 6.07) is 7.24. The Morgan fingerprint density at radius 1 is 0.880 bits per heavy atom. The summed E-state index contributed by atoms with van der Waals surface area (Å²) in [7, 11) is 0. The van der Waals surface area contributed by atoms with Crippen LogP contribution < -0.4 is 0 Å². The van der Waals surface area contributed by atoms with Crippen LogP contribution in [-0.2, 0) is 0 Å². The zero-order valence-corrected chi connectivity index (χ0v) is 15.9. The van der Waals surface area contributed by atoms with Crippen LogP contribution in [0.15, 0.2) is 36.4 Å². The van der Waals surface area contributed by atoms with Crippen molar-refractivity contribution < 1.29 is 4.39 Å². The fourth-order valence-electron chi connectivity index (χ4n) is 5.08. The molecule has 2 aliphatic rings. The van der Waals surface area contributed by atoms with E-state index in [9.17, 15) is 4.39 Å². The molecule has 0 saturated heterocycles. The number of benzene rings is 1. The molecule has 1 heteroatoms. The van der Waals surface area contributed by atoms with Crippen LogP contribution in [0.3, 0.4) is 0 Å². The maximum absolute atomic E-state index is 13.1. The molecule has 0 aromatic heterocycles. The molecule has 25 heavy (non-hydrogen) atoms. The van der Waals surface area contributed by atoms with E-state index in [0.29, 0.717) is 5.92 Å². The molecule has 0 aliphatic heterocycles. The Kier molecular flexibility index (Phi) is 7.13. The van der Waals surface area contributed by atoms with Crippen molar-refractivity contribution in [1.29, 1.82) is 0 Å². The largest absolute Gasteiger partial charge is 0.207 e. The monoisotopic (exact) mass is 342 g/mol. The van der Waals surface area contributed by atoms with Crippen molar-refractivity contribution in [2.45, 2.75) is 83.5 Å². The van der Waals surface area contributed by atoms with Gasteiger partial charge in [0, 0.05) is 0 Å². The molecule has 0 amide bonds. The van der Waals surface area contributed by atoms with E-state index >= 15 is 0 Å². The van der Waals surface area contributed by atoms with Crippen molar-refractivity contribution in [3.63, 3.8) is 0 Å². The molecule has 0 bridgehead atoms. The maximum atomic E-state index is 13.1. The quantitative estimate of drug-likeness (QED) is 0.368. The Morgan fingerprint density at radius 2 is 1.48 bits per heavy atom. The molecule has 0 atom stereocenters. The number of allylic oxidation sites excluding steroid dienone is 2. The van der Waals surface area contributed by atoms with Crippen LogP contribution in [0.4, 0.5) is 4.39 Å². The van der Waals surface area contributed by atoms with E-state index in [1.165, 1.54) is 76.2 Å². The third-order valence-electron chi connectivity index (χ3n) is 6.73. The van der Waals surface area contributed by atoms with E-state index in [4.69, 9.17) is 0 Å². The van der Waals surface area contributed by atoms with Gasteiger partial charge in [-0.1, -0.05) is 44.1 Å². The van der Waals surface area contributed by atoms with Crippen LogP contribution in [0.5, 0.6) is 0 Å². The number of unbranched alkanes of at least 4 members (excludes halogenated alkanes) is 2. The minimum Gasteiger partial charge on any atom is -0.207 e. The SMILES string of the molecule is CCCC/C=C/C1CCC(C2CCC(c3ccc(F)cc3)CC2)CC1. The number of hydrogen-bond acceptors (Lipinski definition) is 0. The highest BCUT2D eigenvalue weighted by Gasteiger charge is 2.30. The Hall–Kier alpha value is -1.11. The highest BCUT2D eigenvalue weighted by atomic mass is 19.1. The van der Waals surface area contributed by atoms with Gasteiger partial charge in [-0.25, -0.2) is 4.39 Å². The number of hydrogen-bond donors (Lipinski definition) is 0. The Bertz CT molecular complexity index is 514. The van der Waals surface area contributed by atoms with Crippen molar-refractivity contribution in [3.05, 3.63) is 47.8 Å². The van der Waals surface area contributed by atoms with Crippen LogP contribution in [0.25, 0.3) is 0 Å². The predicted molar refractivity (Wildman–Crippen MR) is 105 cm³/mol. The van der Waals surface area contributed by atoms with Gasteiger partial charge in [0.05, 0.1) is 0 Å². The molecule has 0 heterocycles.